The first-order valence-corrected chi connectivity index (χ1v) is 7.76. The summed E-state index contributed by atoms with van der Waals surface area (Å²) in [5, 5.41) is 14.8. The SMILES string of the molecule is O=C(Nc1nc(C2CC2)cs1)N1CCCC(CO)C1. The molecule has 1 aromatic rings. The van der Waals surface area contributed by atoms with Crippen molar-refractivity contribution in [1.82, 2.24) is 9.88 Å². The van der Waals surface area contributed by atoms with Crippen molar-refractivity contribution in [3.8, 4) is 0 Å². The molecule has 0 spiro atoms. The molecule has 2 heterocycles. The molecule has 2 aliphatic rings. The van der Waals surface area contributed by atoms with Crippen LogP contribution in [-0.4, -0.2) is 40.7 Å². The number of hydrogen-bond acceptors (Lipinski definition) is 4. The molecule has 2 amide bonds. The Morgan fingerprint density at radius 1 is 1.53 bits per heavy atom. The number of aliphatic hydroxyl groups is 1. The molecule has 1 saturated heterocycles. The second-order valence-corrected chi connectivity index (χ2v) is 6.28. The van der Waals surface area contributed by atoms with Crippen LogP contribution >= 0.6 is 11.3 Å². The Morgan fingerprint density at radius 2 is 2.37 bits per heavy atom. The summed E-state index contributed by atoms with van der Waals surface area (Å²) in [7, 11) is 0. The van der Waals surface area contributed by atoms with Crippen molar-refractivity contribution < 1.29 is 9.90 Å². The molecule has 0 aromatic carbocycles. The van der Waals surface area contributed by atoms with E-state index < -0.39 is 0 Å². The van der Waals surface area contributed by atoms with Crippen molar-refractivity contribution in [2.75, 3.05) is 25.0 Å². The molecule has 1 aliphatic heterocycles. The van der Waals surface area contributed by atoms with Gasteiger partial charge in [0.1, 0.15) is 0 Å². The second-order valence-electron chi connectivity index (χ2n) is 5.42. The molecule has 1 atom stereocenters. The highest BCUT2D eigenvalue weighted by molar-refractivity contribution is 7.13. The Labute approximate surface area is 116 Å². The lowest BCUT2D eigenvalue weighted by Crippen LogP contribution is -2.43. The summed E-state index contributed by atoms with van der Waals surface area (Å²) in [6.45, 7) is 1.57. The Bertz CT molecular complexity index is 458. The molecule has 19 heavy (non-hydrogen) atoms. The molecule has 5 nitrogen and oxygen atoms in total. The first-order valence-electron chi connectivity index (χ1n) is 6.88. The summed E-state index contributed by atoms with van der Waals surface area (Å²) in [5.74, 6) is 0.841. The number of carbonyl (C=O) groups is 1. The van der Waals surface area contributed by atoms with E-state index in [0.29, 0.717) is 17.6 Å². The number of amides is 2. The van der Waals surface area contributed by atoms with Gasteiger partial charge in [-0.2, -0.15) is 0 Å². The van der Waals surface area contributed by atoms with Gasteiger partial charge in [0.15, 0.2) is 5.13 Å². The standard InChI is InChI=1S/C13H19N3O2S/c17-7-9-2-1-5-16(6-9)13(18)15-12-14-11(8-19-12)10-3-4-10/h8-10,17H,1-7H2,(H,14,15,18). The van der Waals surface area contributed by atoms with Gasteiger partial charge in [0.2, 0.25) is 0 Å². The molecule has 2 N–H and O–H groups in total. The van der Waals surface area contributed by atoms with Crippen molar-refractivity contribution in [2.24, 2.45) is 5.92 Å². The third-order valence-electron chi connectivity index (χ3n) is 3.80. The summed E-state index contributed by atoms with van der Waals surface area (Å²) in [4.78, 5) is 18.4. The normalized spacial score (nSPS) is 23.4. The number of carbonyl (C=O) groups excluding carboxylic acids is 1. The van der Waals surface area contributed by atoms with E-state index in [2.05, 4.69) is 10.3 Å². The number of aromatic nitrogens is 1. The number of piperidine rings is 1. The van der Waals surface area contributed by atoms with Gasteiger partial charge in [-0.25, -0.2) is 9.78 Å². The molecule has 0 radical (unpaired) electrons. The minimum absolute atomic E-state index is 0.0881. The maximum absolute atomic E-state index is 12.1. The van der Waals surface area contributed by atoms with E-state index in [1.54, 1.807) is 4.90 Å². The van der Waals surface area contributed by atoms with E-state index in [0.717, 1.165) is 25.1 Å². The zero-order valence-electron chi connectivity index (χ0n) is 10.8. The number of thiazole rings is 1. The maximum atomic E-state index is 12.1. The zero-order valence-corrected chi connectivity index (χ0v) is 11.7. The average molecular weight is 281 g/mol. The molecule has 1 saturated carbocycles. The smallest absolute Gasteiger partial charge is 0.323 e. The largest absolute Gasteiger partial charge is 0.396 e. The van der Waals surface area contributed by atoms with Crippen LogP contribution in [0.4, 0.5) is 9.93 Å². The predicted molar refractivity (Wildman–Crippen MR) is 74.5 cm³/mol. The summed E-state index contributed by atoms with van der Waals surface area (Å²) in [6.07, 6.45) is 4.41. The van der Waals surface area contributed by atoms with E-state index in [-0.39, 0.29) is 18.6 Å². The van der Waals surface area contributed by atoms with Gasteiger partial charge in [0.25, 0.3) is 0 Å². The lowest BCUT2D eigenvalue weighted by Gasteiger charge is -2.31. The number of nitrogens with one attached hydrogen (secondary N) is 1. The van der Waals surface area contributed by atoms with Crippen LogP contribution in [-0.2, 0) is 0 Å². The first-order chi connectivity index (χ1) is 9.26. The molecule has 3 rings (SSSR count). The molecule has 1 aliphatic carbocycles. The van der Waals surface area contributed by atoms with Gasteiger partial charge in [-0.15, -0.1) is 11.3 Å². The highest BCUT2D eigenvalue weighted by atomic mass is 32.1. The molecule has 0 bridgehead atoms. The van der Waals surface area contributed by atoms with Crippen molar-refractivity contribution >= 4 is 22.5 Å². The quantitative estimate of drug-likeness (QED) is 0.893. The fourth-order valence-electron chi connectivity index (χ4n) is 2.48. The third kappa shape index (κ3) is 3.06. The molecule has 1 aromatic heterocycles. The fourth-order valence-corrected chi connectivity index (χ4v) is 3.26. The van der Waals surface area contributed by atoms with Crippen LogP contribution in [0.2, 0.25) is 0 Å². The Morgan fingerprint density at radius 3 is 3.11 bits per heavy atom. The van der Waals surface area contributed by atoms with E-state index in [1.165, 1.54) is 24.2 Å². The van der Waals surface area contributed by atoms with Crippen LogP contribution in [0.1, 0.15) is 37.3 Å². The number of aliphatic hydroxyl groups excluding tert-OH is 1. The van der Waals surface area contributed by atoms with Gasteiger partial charge in [0.05, 0.1) is 5.69 Å². The van der Waals surface area contributed by atoms with Crippen LogP contribution in [0.25, 0.3) is 0 Å². The van der Waals surface area contributed by atoms with E-state index in [1.807, 2.05) is 5.38 Å². The van der Waals surface area contributed by atoms with Gasteiger partial charge in [-0.1, -0.05) is 0 Å². The predicted octanol–water partition coefficient (Wildman–Crippen LogP) is 2.26. The average Bonchev–Trinajstić information content (AvgIpc) is 3.19. The number of hydrogen-bond donors (Lipinski definition) is 2. The summed E-state index contributed by atoms with van der Waals surface area (Å²) < 4.78 is 0. The van der Waals surface area contributed by atoms with Crippen molar-refractivity contribution in [1.29, 1.82) is 0 Å². The molecule has 1 unspecified atom stereocenters. The first kappa shape index (κ1) is 12.9. The number of anilines is 1. The van der Waals surface area contributed by atoms with Gasteiger partial charge < -0.3 is 10.0 Å². The van der Waals surface area contributed by atoms with Gasteiger partial charge in [0, 0.05) is 31.0 Å². The van der Waals surface area contributed by atoms with E-state index >= 15 is 0 Å². The van der Waals surface area contributed by atoms with E-state index in [4.69, 9.17) is 0 Å². The molecule has 2 fully saturated rings. The highest BCUT2D eigenvalue weighted by Crippen LogP contribution is 2.40. The van der Waals surface area contributed by atoms with Crippen molar-refractivity contribution in [3.05, 3.63) is 11.1 Å². The topological polar surface area (TPSA) is 65.5 Å². The highest BCUT2D eigenvalue weighted by Gasteiger charge is 2.27. The Balaban J connectivity index is 1.57. The van der Waals surface area contributed by atoms with Crippen LogP contribution in [0.15, 0.2) is 5.38 Å². The second kappa shape index (κ2) is 5.46. The molecule has 6 heteroatoms. The monoisotopic (exact) mass is 281 g/mol. The van der Waals surface area contributed by atoms with E-state index in [9.17, 15) is 9.90 Å². The lowest BCUT2D eigenvalue weighted by molar-refractivity contribution is 0.136. The molecular formula is C13H19N3O2S. The van der Waals surface area contributed by atoms with Gasteiger partial charge >= 0.3 is 6.03 Å². The Hall–Kier alpha value is -1.14. The maximum Gasteiger partial charge on any atom is 0.323 e. The molecular weight excluding hydrogens is 262 g/mol. The van der Waals surface area contributed by atoms with Crippen molar-refractivity contribution in [2.45, 2.75) is 31.6 Å². The van der Waals surface area contributed by atoms with Crippen molar-refractivity contribution in [3.63, 3.8) is 0 Å². The van der Waals surface area contributed by atoms with Crippen LogP contribution in [0.3, 0.4) is 0 Å². The summed E-state index contributed by atoms with van der Waals surface area (Å²) in [6, 6.07) is -0.0881. The van der Waals surface area contributed by atoms with Gasteiger partial charge in [-0.05, 0) is 31.6 Å². The minimum Gasteiger partial charge on any atom is -0.396 e. The summed E-state index contributed by atoms with van der Waals surface area (Å²) in [5.41, 5.74) is 1.12. The number of likely N-dealkylation sites (tertiary alicyclic amines) is 1. The summed E-state index contributed by atoms with van der Waals surface area (Å²) >= 11 is 1.50. The van der Waals surface area contributed by atoms with Gasteiger partial charge in [-0.3, -0.25) is 5.32 Å². The number of nitrogens with zero attached hydrogens (tertiary/aromatic N) is 2. The van der Waals surface area contributed by atoms with Crippen LogP contribution in [0.5, 0.6) is 0 Å². The zero-order chi connectivity index (χ0) is 13.2. The number of urea groups is 1. The Kier molecular flexibility index (Phi) is 3.70. The molecule has 104 valence electrons. The number of rotatable bonds is 3. The third-order valence-corrected chi connectivity index (χ3v) is 4.57. The van der Waals surface area contributed by atoms with Crippen LogP contribution in [0, 0.1) is 5.92 Å². The fraction of sp³-hybridized carbons (Fsp3) is 0.692. The lowest BCUT2D eigenvalue weighted by atomic mass is 9.99. The minimum atomic E-state index is -0.0881. The van der Waals surface area contributed by atoms with Crippen LogP contribution < -0.4 is 5.32 Å².